The van der Waals surface area contributed by atoms with Gasteiger partial charge in [-0.1, -0.05) is 56.5 Å². The van der Waals surface area contributed by atoms with E-state index >= 15 is 0 Å². The van der Waals surface area contributed by atoms with Crippen LogP contribution in [0.2, 0.25) is 0 Å². The predicted octanol–water partition coefficient (Wildman–Crippen LogP) is 5.90. The smallest absolute Gasteiger partial charge is 0.267 e. The van der Waals surface area contributed by atoms with Gasteiger partial charge in [0, 0.05) is 11.6 Å². The molecule has 0 spiro atoms. The lowest BCUT2D eigenvalue weighted by Crippen LogP contribution is -2.40. The van der Waals surface area contributed by atoms with Gasteiger partial charge < -0.3 is 9.84 Å². The van der Waals surface area contributed by atoms with Crippen LogP contribution >= 0.6 is 11.8 Å². The molecule has 1 heterocycles. The third kappa shape index (κ3) is 4.49. The van der Waals surface area contributed by atoms with Gasteiger partial charge in [0.15, 0.2) is 16.7 Å². The first-order valence-electron chi connectivity index (χ1n) is 10.9. The number of rotatable bonds is 5. The molecule has 1 N–H and O–H groups in total. The molecule has 162 valence electrons. The highest BCUT2D eigenvalue weighted by Gasteiger charge is 2.38. The first-order valence-corrected chi connectivity index (χ1v) is 11.7. The number of methoxy groups -OCH3 is 1. The number of amidine groups is 1. The average Bonchev–Trinajstić information content (AvgIpc) is 3.10. The SMILES string of the molecule is CCc1ccccc1N=C1S/C(=C/c2cccc(OC)c2O)C(=O)N1C1CCCCC1. The molecular formula is C25H28N2O3S. The Morgan fingerprint density at radius 2 is 1.94 bits per heavy atom. The lowest BCUT2D eigenvalue weighted by molar-refractivity contribution is -0.124. The van der Waals surface area contributed by atoms with Crippen LogP contribution in [-0.2, 0) is 11.2 Å². The third-order valence-corrected chi connectivity index (χ3v) is 6.89. The number of aryl methyl sites for hydroxylation is 1. The van der Waals surface area contributed by atoms with Gasteiger partial charge in [-0.25, -0.2) is 4.99 Å². The Morgan fingerprint density at radius 3 is 2.68 bits per heavy atom. The Balaban J connectivity index is 1.75. The number of hydrogen-bond donors (Lipinski definition) is 1. The number of thioether (sulfide) groups is 1. The Labute approximate surface area is 187 Å². The van der Waals surface area contributed by atoms with E-state index in [9.17, 15) is 9.90 Å². The number of benzene rings is 2. The predicted molar refractivity (Wildman–Crippen MR) is 127 cm³/mol. The zero-order chi connectivity index (χ0) is 21.8. The van der Waals surface area contributed by atoms with Gasteiger partial charge in [0.25, 0.3) is 5.91 Å². The van der Waals surface area contributed by atoms with E-state index in [0.717, 1.165) is 48.5 Å². The summed E-state index contributed by atoms with van der Waals surface area (Å²) in [5, 5.41) is 11.2. The van der Waals surface area contributed by atoms with Crippen molar-refractivity contribution < 1.29 is 14.6 Å². The quantitative estimate of drug-likeness (QED) is 0.593. The highest BCUT2D eigenvalue weighted by Crippen LogP contribution is 2.40. The van der Waals surface area contributed by atoms with E-state index < -0.39 is 0 Å². The van der Waals surface area contributed by atoms with Crippen molar-refractivity contribution in [2.75, 3.05) is 7.11 Å². The first-order chi connectivity index (χ1) is 15.1. The summed E-state index contributed by atoms with van der Waals surface area (Å²) in [5.74, 6) is 0.392. The van der Waals surface area contributed by atoms with E-state index in [-0.39, 0.29) is 17.7 Å². The number of para-hydroxylation sites is 2. The Bertz CT molecular complexity index is 1030. The van der Waals surface area contributed by atoms with Crippen LogP contribution in [-0.4, -0.2) is 34.2 Å². The summed E-state index contributed by atoms with van der Waals surface area (Å²) in [5.41, 5.74) is 2.63. The van der Waals surface area contributed by atoms with Crippen LogP contribution < -0.4 is 4.74 Å². The lowest BCUT2D eigenvalue weighted by Gasteiger charge is -2.30. The summed E-state index contributed by atoms with van der Waals surface area (Å²) >= 11 is 1.39. The maximum atomic E-state index is 13.5. The molecule has 2 aromatic rings. The second-order valence-corrected chi connectivity index (χ2v) is 8.86. The zero-order valence-corrected chi connectivity index (χ0v) is 18.8. The van der Waals surface area contributed by atoms with E-state index in [1.807, 2.05) is 23.1 Å². The number of nitrogens with zero attached hydrogens (tertiary/aromatic N) is 2. The van der Waals surface area contributed by atoms with E-state index in [0.29, 0.717) is 16.2 Å². The maximum Gasteiger partial charge on any atom is 0.267 e. The molecule has 31 heavy (non-hydrogen) atoms. The molecular weight excluding hydrogens is 408 g/mol. The molecule has 0 unspecified atom stereocenters. The Kier molecular flexibility index (Phi) is 6.66. The maximum absolute atomic E-state index is 13.5. The number of aliphatic imine (C=N–C) groups is 1. The van der Waals surface area contributed by atoms with E-state index in [1.165, 1.54) is 25.3 Å². The molecule has 4 rings (SSSR count). The molecule has 1 amide bonds. The van der Waals surface area contributed by atoms with Crippen molar-refractivity contribution in [2.24, 2.45) is 4.99 Å². The van der Waals surface area contributed by atoms with E-state index in [1.54, 1.807) is 24.3 Å². The zero-order valence-electron chi connectivity index (χ0n) is 18.0. The fourth-order valence-electron chi connectivity index (χ4n) is 4.21. The van der Waals surface area contributed by atoms with Crippen LogP contribution in [0.4, 0.5) is 5.69 Å². The van der Waals surface area contributed by atoms with Crippen LogP contribution in [0.25, 0.3) is 6.08 Å². The molecule has 0 radical (unpaired) electrons. The molecule has 2 fully saturated rings. The number of ether oxygens (including phenoxy) is 1. The number of hydrogen-bond acceptors (Lipinski definition) is 5. The van der Waals surface area contributed by atoms with Gasteiger partial charge in [-0.05, 0) is 54.8 Å². The van der Waals surface area contributed by atoms with Crippen LogP contribution in [0.3, 0.4) is 0 Å². The normalized spacial score (nSPS) is 20.1. The first kappa shape index (κ1) is 21.5. The van der Waals surface area contributed by atoms with E-state index in [4.69, 9.17) is 9.73 Å². The second kappa shape index (κ2) is 9.60. The minimum atomic E-state index is -0.0353. The standard InChI is InChI=1S/C25H28N2O3S/c1-3-17-10-7-8-14-20(17)26-25-27(19-12-5-4-6-13-19)24(29)22(31-25)16-18-11-9-15-21(30-2)23(18)28/h7-11,14-16,19,28H,3-6,12-13H2,1-2H3/b22-16+,26-25?. The molecule has 0 atom stereocenters. The van der Waals surface area contributed by atoms with E-state index in [2.05, 4.69) is 13.0 Å². The Hall–Kier alpha value is -2.73. The molecule has 1 aliphatic heterocycles. The fraction of sp³-hybridized carbons (Fsp3) is 0.360. The molecule has 0 bridgehead atoms. The Morgan fingerprint density at radius 1 is 1.16 bits per heavy atom. The number of aromatic hydroxyl groups is 1. The van der Waals surface area contributed by atoms with Crippen LogP contribution in [0.1, 0.15) is 50.2 Å². The summed E-state index contributed by atoms with van der Waals surface area (Å²) in [7, 11) is 1.52. The van der Waals surface area contributed by atoms with Crippen molar-refractivity contribution in [2.45, 2.75) is 51.5 Å². The van der Waals surface area contributed by atoms with Crippen molar-refractivity contribution in [3.8, 4) is 11.5 Å². The van der Waals surface area contributed by atoms with Crippen molar-refractivity contribution >= 4 is 34.6 Å². The van der Waals surface area contributed by atoms with Gasteiger partial charge in [-0.3, -0.25) is 9.69 Å². The second-order valence-electron chi connectivity index (χ2n) is 7.85. The van der Waals surface area contributed by atoms with Crippen LogP contribution in [0.15, 0.2) is 52.4 Å². The molecule has 0 aromatic heterocycles. The number of phenols is 1. The lowest BCUT2D eigenvalue weighted by atomic mass is 9.94. The van der Waals surface area contributed by atoms with Crippen molar-refractivity contribution in [1.82, 2.24) is 4.90 Å². The number of carbonyl (C=O) groups excluding carboxylic acids is 1. The molecule has 1 aliphatic carbocycles. The van der Waals surface area contributed by atoms with Crippen LogP contribution in [0, 0.1) is 0 Å². The molecule has 1 saturated heterocycles. The third-order valence-electron chi connectivity index (χ3n) is 5.90. The van der Waals surface area contributed by atoms with Gasteiger partial charge in [-0.15, -0.1) is 0 Å². The average molecular weight is 437 g/mol. The van der Waals surface area contributed by atoms with Gasteiger partial charge >= 0.3 is 0 Å². The van der Waals surface area contributed by atoms with Crippen molar-refractivity contribution in [3.63, 3.8) is 0 Å². The van der Waals surface area contributed by atoms with Gasteiger partial charge in [0.05, 0.1) is 17.7 Å². The van der Waals surface area contributed by atoms with Gasteiger partial charge in [0.2, 0.25) is 0 Å². The van der Waals surface area contributed by atoms with Crippen LogP contribution in [0.5, 0.6) is 11.5 Å². The largest absolute Gasteiger partial charge is 0.504 e. The molecule has 6 heteroatoms. The monoisotopic (exact) mass is 436 g/mol. The topological polar surface area (TPSA) is 62.1 Å². The highest BCUT2D eigenvalue weighted by atomic mass is 32.2. The minimum absolute atomic E-state index is 0.0353. The summed E-state index contributed by atoms with van der Waals surface area (Å²) in [4.78, 5) is 20.9. The van der Waals surface area contributed by atoms with Gasteiger partial charge in [0.1, 0.15) is 0 Å². The van der Waals surface area contributed by atoms with Crippen molar-refractivity contribution in [1.29, 1.82) is 0 Å². The van der Waals surface area contributed by atoms with Crippen molar-refractivity contribution in [3.05, 3.63) is 58.5 Å². The number of amides is 1. The molecule has 5 nitrogen and oxygen atoms in total. The summed E-state index contributed by atoms with van der Waals surface area (Å²) in [6, 6.07) is 13.5. The number of carbonyl (C=O) groups is 1. The molecule has 2 aliphatic rings. The molecule has 2 aromatic carbocycles. The minimum Gasteiger partial charge on any atom is -0.504 e. The summed E-state index contributed by atoms with van der Waals surface area (Å²) in [6.45, 7) is 2.11. The van der Waals surface area contributed by atoms with Gasteiger partial charge in [-0.2, -0.15) is 0 Å². The summed E-state index contributed by atoms with van der Waals surface area (Å²) < 4.78 is 5.21. The fourth-order valence-corrected chi connectivity index (χ4v) is 5.25. The number of phenolic OH excluding ortho intramolecular Hbond substituents is 1. The highest BCUT2D eigenvalue weighted by molar-refractivity contribution is 8.18. The summed E-state index contributed by atoms with van der Waals surface area (Å²) in [6.07, 6.45) is 8.11. The molecule has 1 saturated carbocycles.